The summed E-state index contributed by atoms with van der Waals surface area (Å²) in [7, 11) is 3.88. The molecule has 1 aliphatic carbocycles. The van der Waals surface area contributed by atoms with E-state index in [0.717, 1.165) is 30.7 Å². The summed E-state index contributed by atoms with van der Waals surface area (Å²) in [5, 5.41) is 7.63. The molecular formula is C17H25N5O. The zero-order valence-corrected chi connectivity index (χ0v) is 14.3. The molecule has 0 aromatic carbocycles. The lowest BCUT2D eigenvalue weighted by molar-refractivity contribution is 0.0915. The summed E-state index contributed by atoms with van der Waals surface area (Å²) in [6, 6.07) is -0.122. The Balaban J connectivity index is 1.87. The fourth-order valence-electron chi connectivity index (χ4n) is 3.37. The molecule has 1 N–H and O–H groups in total. The lowest BCUT2D eigenvalue weighted by Crippen LogP contribution is -2.34. The molecule has 0 aliphatic heterocycles. The van der Waals surface area contributed by atoms with E-state index in [1.54, 1.807) is 6.20 Å². The minimum atomic E-state index is -0.122. The van der Waals surface area contributed by atoms with Gasteiger partial charge < -0.3 is 9.88 Å². The molecule has 0 bridgehead atoms. The number of nitrogens with one attached hydrogen (secondary N) is 1. The largest absolute Gasteiger partial charge is 0.340 e. The molecule has 0 spiro atoms. The number of hydrogen-bond acceptors (Lipinski definition) is 3. The number of aromatic nitrogens is 4. The van der Waals surface area contributed by atoms with Gasteiger partial charge in [0.2, 0.25) is 0 Å². The number of fused-ring (bicyclic) bond motifs is 1. The Morgan fingerprint density at radius 3 is 2.65 bits per heavy atom. The Morgan fingerprint density at radius 2 is 2.00 bits per heavy atom. The lowest BCUT2D eigenvalue weighted by atomic mass is 9.95. The molecule has 1 atom stereocenters. The van der Waals surface area contributed by atoms with Gasteiger partial charge in [0.1, 0.15) is 5.82 Å². The van der Waals surface area contributed by atoms with Crippen LogP contribution in [0, 0.1) is 5.92 Å². The lowest BCUT2D eigenvalue weighted by Gasteiger charge is -2.22. The molecule has 0 saturated carbocycles. The SMILES string of the molecule is CC(C)[C@H](NC(=O)c1nn(C)c2c1CCCC2)c1nccn1C. The number of nitrogens with zero attached hydrogens (tertiary/aromatic N) is 4. The molecule has 6 nitrogen and oxygen atoms in total. The first-order valence-electron chi connectivity index (χ1n) is 8.32. The molecule has 6 heteroatoms. The van der Waals surface area contributed by atoms with E-state index in [1.807, 2.05) is 29.5 Å². The Kier molecular flexibility index (Phi) is 4.24. The van der Waals surface area contributed by atoms with Crippen LogP contribution < -0.4 is 5.32 Å². The first kappa shape index (κ1) is 15.8. The number of hydrogen-bond donors (Lipinski definition) is 1. The van der Waals surface area contributed by atoms with E-state index in [-0.39, 0.29) is 17.9 Å². The quantitative estimate of drug-likeness (QED) is 0.940. The molecule has 0 saturated heterocycles. The summed E-state index contributed by atoms with van der Waals surface area (Å²) in [5.74, 6) is 1.03. The molecule has 23 heavy (non-hydrogen) atoms. The highest BCUT2D eigenvalue weighted by atomic mass is 16.2. The molecule has 1 aliphatic rings. The smallest absolute Gasteiger partial charge is 0.272 e. The van der Waals surface area contributed by atoms with Gasteiger partial charge in [0, 0.05) is 37.7 Å². The van der Waals surface area contributed by atoms with Gasteiger partial charge in [-0.15, -0.1) is 0 Å². The van der Waals surface area contributed by atoms with Crippen molar-refractivity contribution >= 4 is 5.91 Å². The molecule has 2 aromatic rings. The molecule has 1 amide bonds. The summed E-state index contributed by atoms with van der Waals surface area (Å²) >= 11 is 0. The number of carbonyl (C=O) groups excluding carboxylic acids is 1. The van der Waals surface area contributed by atoms with Crippen molar-refractivity contribution in [2.75, 3.05) is 0 Å². The molecule has 2 aromatic heterocycles. The Morgan fingerprint density at radius 1 is 1.26 bits per heavy atom. The topological polar surface area (TPSA) is 64.7 Å². The highest BCUT2D eigenvalue weighted by Gasteiger charge is 2.28. The number of amides is 1. The van der Waals surface area contributed by atoms with Crippen LogP contribution in [0.15, 0.2) is 12.4 Å². The fraction of sp³-hybridized carbons (Fsp3) is 0.588. The van der Waals surface area contributed by atoms with Crippen molar-refractivity contribution in [1.29, 1.82) is 0 Å². The molecule has 0 fully saturated rings. The molecule has 0 unspecified atom stereocenters. The predicted molar refractivity (Wildman–Crippen MR) is 88.1 cm³/mol. The van der Waals surface area contributed by atoms with Crippen molar-refractivity contribution in [3.05, 3.63) is 35.2 Å². The molecule has 0 radical (unpaired) electrons. The van der Waals surface area contributed by atoms with Gasteiger partial charge in [-0.1, -0.05) is 13.8 Å². The summed E-state index contributed by atoms with van der Waals surface area (Å²) in [6.45, 7) is 4.18. The van der Waals surface area contributed by atoms with E-state index in [0.29, 0.717) is 5.69 Å². The van der Waals surface area contributed by atoms with Gasteiger partial charge >= 0.3 is 0 Å². The normalized spacial score (nSPS) is 15.5. The van der Waals surface area contributed by atoms with Crippen molar-refractivity contribution in [2.24, 2.45) is 20.0 Å². The molecule has 124 valence electrons. The second-order valence-electron chi connectivity index (χ2n) is 6.70. The summed E-state index contributed by atoms with van der Waals surface area (Å²) in [5.41, 5.74) is 2.92. The van der Waals surface area contributed by atoms with Crippen LogP contribution in [-0.4, -0.2) is 25.2 Å². The summed E-state index contributed by atoms with van der Waals surface area (Å²) in [4.78, 5) is 17.2. The van der Waals surface area contributed by atoms with Crippen LogP contribution in [0.25, 0.3) is 0 Å². The Bertz CT molecular complexity index is 713. The van der Waals surface area contributed by atoms with Crippen LogP contribution in [0.5, 0.6) is 0 Å². The summed E-state index contributed by atoms with van der Waals surface area (Å²) in [6.07, 6.45) is 7.93. The molecular weight excluding hydrogens is 290 g/mol. The van der Waals surface area contributed by atoms with Crippen LogP contribution >= 0.6 is 0 Å². The van der Waals surface area contributed by atoms with Crippen molar-refractivity contribution < 1.29 is 4.79 Å². The van der Waals surface area contributed by atoms with E-state index in [9.17, 15) is 4.79 Å². The monoisotopic (exact) mass is 315 g/mol. The van der Waals surface area contributed by atoms with Gasteiger partial charge in [-0.05, 0) is 31.6 Å². The first-order chi connectivity index (χ1) is 11.0. The zero-order chi connectivity index (χ0) is 16.6. The van der Waals surface area contributed by atoms with Crippen LogP contribution in [0.4, 0.5) is 0 Å². The highest BCUT2D eigenvalue weighted by Crippen LogP contribution is 2.25. The van der Waals surface area contributed by atoms with E-state index < -0.39 is 0 Å². The van der Waals surface area contributed by atoms with Crippen LogP contribution in [-0.2, 0) is 26.9 Å². The minimum Gasteiger partial charge on any atom is -0.340 e. The van der Waals surface area contributed by atoms with E-state index in [4.69, 9.17) is 0 Å². The van der Waals surface area contributed by atoms with Gasteiger partial charge in [-0.3, -0.25) is 9.48 Å². The maximum atomic E-state index is 12.8. The summed E-state index contributed by atoms with van der Waals surface area (Å²) < 4.78 is 3.83. The average molecular weight is 315 g/mol. The number of aryl methyl sites for hydroxylation is 2. The van der Waals surface area contributed by atoms with Gasteiger partial charge in [0.25, 0.3) is 5.91 Å². The van der Waals surface area contributed by atoms with Crippen molar-refractivity contribution in [3.63, 3.8) is 0 Å². The third kappa shape index (κ3) is 2.90. The number of rotatable bonds is 4. The predicted octanol–water partition coefficient (Wildman–Crippen LogP) is 2.16. The van der Waals surface area contributed by atoms with Gasteiger partial charge in [-0.25, -0.2) is 4.98 Å². The van der Waals surface area contributed by atoms with Gasteiger partial charge in [0.05, 0.1) is 6.04 Å². The van der Waals surface area contributed by atoms with Gasteiger partial charge in [0.15, 0.2) is 5.69 Å². The third-order valence-corrected chi connectivity index (χ3v) is 4.67. The van der Waals surface area contributed by atoms with E-state index in [1.165, 1.54) is 12.1 Å². The second-order valence-corrected chi connectivity index (χ2v) is 6.70. The van der Waals surface area contributed by atoms with Crippen LogP contribution in [0.2, 0.25) is 0 Å². The highest BCUT2D eigenvalue weighted by molar-refractivity contribution is 5.94. The number of carbonyl (C=O) groups is 1. The number of imidazole rings is 1. The van der Waals surface area contributed by atoms with Crippen molar-refractivity contribution in [3.8, 4) is 0 Å². The zero-order valence-electron chi connectivity index (χ0n) is 14.3. The second kappa shape index (κ2) is 6.18. The van der Waals surface area contributed by atoms with Crippen molar-refractivity contribution in [1.82, 2.24) is 24.6 Å². The van der Waals surface area contributed by atoms with Crippen molar-refractivity contribution in [2.45, 2.75) is 45.6 Å². The Hall–Kier alpha value is -2.11. The maximum Gasteiger partial charge on any atom is 0.272 e. The van der Waals surface area contributed by atoms with Crippen LogP contribution in [0.1, 0.15) is 60.3 Å². The van der Waals surface area contributed by atoms with Gasteiger partial charge in [-0.2, -0.15) is 5.10 Å². The van der Waals surface area contributed by atoms with E-state index in [2.05, 4.69) is 29.2 Å². The maximum absolute atomic E-state index is 12.8. The molecule has 2 heterocycles. The minimum absolute atomic E-state index is 0.0922. The average Bonchev–Trinajstić information content (AvgIpc) is 3.09. The third-order valence-electron chi connectivity index (χ3n) is 4.67. The standard InChI is InChI=1S/C17H25N5O/c1-11(2)14(16-18-9-10-21(16)3)19-17(23)15-12-7-5-6-8-13(12)22(4)20-15/h9-11,14H,5-8H2,1-4H3,(H,19,23)/t14-/m0/s1. The molecule has 3 rings (SSSR count). The van der Waals surface area contributed by atoms with E-state index >= 15 is 0 Å². The fourth-order valence-corrected chi connectivity index (χ4v) is 3.37. The van der Waals surface area contributed by atoms with Crippen LogP contribution in [0.3, 0.4) is 0 Å². The Labute approximate surface area is 136 Å². The first-order valence-corrected chi connectivity index (χ1v) is 8.32.